The second-order valence-electron chi connectivity index (χ2n) is 3.26. The molecule has 1 aliphatic rings. The number of sulfonamides is 1. The van der Waals surface area contributed by atoms with E-state index >= 15 is 0 Å². The molecule has 6 nitrogen and oxygen atoms in total. The minimum atomic E-state index is -3.44. The lowest BCUT2D eigenvalue weighted by molar-refractivity contribution is -0.146. The zero-order valence-electron chi connectivity index (χ0n) is 9.09. The molecule has 1 aliphatic heterocycles. The van der Waals surface area contributed by atoms with Crippen molar-refractivity contribution in [1.82, 2.24) is 4.31 Å². The van der Waals surface area contributed by atoms with Crippen molar-refractivity contribution in [3.05, 3.63) is 0 Å². The van der Waals surface area contributed by atoms with Gasteiger partial charge in [0.15, 0.2) is 0 Å². The van der Waals surface area contributed by atoms with Crippen LogP contribution in [0, 0.1) is 0 Å². The van der Waals surface area contributed by atoms with E-state index in [1.54, 1.807) is 6.92 Å². The van der Waals surface area contributed by atoms with Crippen molar-refractivity contribution in [2.24, 2.45) is 5.73 Å². The van der Waals surface area contributed by atoms with Crippen LogP contribution in [-0.4, -0.2) is 55.3 Å². The van der Waals surface area contributed by atoms with Gasteiger partial charge in [0, 0.05) is 12.3 Å². The first-order valence-corrected chi connectivity index (χ1v) is 7.73. The molecule has 94 valence electrons. The summed E-state index contributed by atoms with van der Waals surface area (Å²) in [6.45, 7) is 2.00. The molecule has 0 amide bonds. The Balaban J connectivity index is 2.76. The average molecular weight is 268 g/mol. The molecule has 1 heterocycles. The van der Waals surface area contributed by atoms with Gasteiger partial charge in [-0.1, -0.05) is 0 Å². The normalized spacial score (nSPS) is 22.2. The first-order valence-electron chi connectivity index (χ1n) is 4.97. The van der Waals surface area contributed by atoms with Gasteiger partial charge in [-0.15, -0.1) is 11.8 Å². The predicted molar refractivity (Wildman–Crippen MR) is 62.4 cm³/mol. The van der Waals surface area contributed by atoms with Crippen LogP contribution in [0.3, 0.4) is 0 Å². The van der Waals surface area contributed by atoms with Gasteiger partial charge >= 0.3 is 5.97 Å². The number of ether oxygens (including phenoxy) is 1. The molecular formula is C8H16N2O4S2. The number of esters is 1. The maximum atomic E-state index is 11.8. The molecule has 0 aromatic heterocycles. The molecule has 8 heteroatoms. The highest BCUT2D eigenvalue weighted by molar-refractivity contribution is 8.00. The first-order chi connectivity index (χ1) is 7.53. The third-order valence-electron chi connectivity index (χ3n) is 2.13. The van der Waals surface area contributed by atoms with Crippen molar-refractivity contribution in [2.45, 2.75) is 13.0 Å². The summed E-state index contributed by atoms with van der Waals surface area (Å²) in [5.74, 6) is 0.130. The predicted octanol–water partition coefficient (Wildman–Crippen LogP) is -0.787. The van der Waals surface area contributed by atoms with E-state index < -0.39 is 22.0 Å². The van der Waals surface area contributed by atoms with Crippen LogP contribution in [0.5, 0.6) is 0 Å². The van der Waals surface area contributed by atoms with Gasteiger partial charge in [-0.25, -0.2) is 8.42 Å². The summed E-state index contributed by atoms with van der Waals surface area (Å²) < 4.78 is 29.6. The topological polar surface area (TPSA) is 89.7 Å². The molecule has 0 aromatic rings. The van der Waals surface area contributed by atoms with E-state index in [1.165, 1.54) is 16.1 Å². The van der Waals surface area contributed by atoms with Crippen molar-refractivity contribution in [1.29, 1.82) is 0 Å². The van der Waals surface area contributed by atoms with Crippen molar-refractivity contribution in [3.63, 3.8) is 0 Å². The Bertz CT molecular complexity index is 344. The zero-order chi connectivity index (χ0) is 12.2. The maximum Gasteiger partial charge on any atom is 0.325 e. The lowest BCUT2D eigenvalue weighted by atomic mass is 10.3. The van der Waals surface area contributed by atoms with Gasteiger partial charge in [-0.05, 0) is 6.92 Å². The number of nitrogens with zero attached hydrogens (tertiary/aromatic N) is 1. The molecule has 1 rings (SSSR count). The minimum Gasteiger partial charge on any atom is -0.465 e. The summed E-state index contributed by atoms with van der Waals surface area (Å²) >= 11 is 1.40. The number of hydrogen-bond donors (Lipinski definition) is 1. The SMILES string of the molecule is CCOC(=O)C1CSCN1S(=O)(=O)CCN. The Labute approximate surface area is 99.5 Å². The quantitative estimate of drug-likeness (QED) is 0.657. The van der Waals surface area contributed by atoms with E-state index in [-0.39, 0.29) is 18.9 Å². The van der Waals surface area contributed by atoms with Crippen molar-refractivity contribution in [2.75, 3.05) is 30.5 Å². The second-order valence-corrected chi connectivity index (χ2v) is 6.30. The monoisotopic (exact) mass is 268 g/mol. The molecule has 0 spiro atoms. The van der Waals surface area contributed by atoms with Crippen LogP contribution in [-0.2, 0) is 19.6 Å². The van der Waals surface area contributed by atoms with Crippen molar-refractivity contribution >= 4 is 27.8 Å². The van der Waals surface area contributed by atoms with Crippen LogP contribution in [0.4, 0.5) is 0 Å². The Morgan fingerprint density at radius 2 is 2.31 bits per heavy atom. The molecule has 0 saturated carbocycles. The van der Waals surface area contributed by atoms with Crippen LogP contribution >= 0.6 is 11.8 Å². The smallest absolute Gasteiger partial charge is 0.325 e. The number of carbonyl (C=O) groups is 1. The van der Waals surface area contributed by atoms with Crippen LogP contribution in [0.2, 0.25) is 0 Å². The molecule has 0 radical (unpaired) electrons. The molecule has 0 aliphatic carbocycles. The number of carbonyl (C=O) groups excluding carboxylic acids is 1. The highest BCUT2D eigenvalue weighted by Crippen LogP contribution is 2.25. The molecule has 1 unspecified atom stereocenters. The van der Waals surface area contributed by atoms with Crippen LogP contribution in [0.15, 0.2) is 0 Å². The number of thioether (sulfide) groups is 1. The zero-order valence-corrected chi connectivity index (χ0v) is 10.7. The molecule has 1 atom stereocenters. The summed E-state index contributed by atoms with van der Waals surface area (Å²) in [4.78, 5) is 11.5. The van der Waals surface area contributed by atoms with Gasteiger partial charge in [0.05, 0.1) is 18.2 Å². The summed E-state index contributed by atoms with van der Waals surface area (Å²) in [7, 11) is -3.44. The van der Waals surface area contributed by atoms with Gasteiger partial charge in [-0.3, -0.25) is 4.79 Å². The van der Waals surface area contributed by atoms with E-state index in [2.05, 4.69) is 0 Å². The number of nitrogens with two attached hydrogens (primary N) is 1. The van der Waals surface area contributed by atoms with E-state index in [0.29, 0.717) is 11.6 Å². The third-order valence-corrected chi connectivity index (χ3v) is 5.16. The standard InChI is InChI=1S/C8H16N2O4S2/c1-2-14-8(11)7-5-15-6-10(7)16(12,13)4-3-9/h7H,2-6,9H2,1H3. The minimum absolute atomic E-state index is 0.0546. The van der Waals surface area contributed by atoms with Crippen molar-refractivity contribution in [3.8, 4) is 0 Å². The lowest BCUT2D eigenvalue weighted by Crippen LogP contribution is -2.44. The average Bonchev–Trinajstić information content (AvgIpc) is 2.66. The molecule has 0 bridgehead atoms. The fraction of sp³-hybridized carbons (Fsp3) is 0.875. The molecule has 1 saturated heterocycles. The lowest BCUT2D eigenvalue weighted by Gasteiger charge is -2.21. The largest absolute Gasteiger partial charge is 0.465 e. The first kappa shape index (κ1) is 13.8. The fourth-order valence-corrected chi connectivity index (χ4v) is 4.44. The second kappa shape index (κ2) is 5.85. The van der Waals surface area contributed by atoms with Crippen LogP contribution in [0.25, 0.3) is 0 Å². The van der Waals surface area contributed by atoms with Gasteiger partial charge in [0.1, 0.15) is 6.04 Å². The Kier molecular flexibility index (Phi) is 5.03. The van der Waals surface area contributed by atoms with E-state index in [0.717, 1.165) is 0 Å². The van der Waals surface area contributed by atoms with Crippen LogP contribution < -0.4 is 5.73 Å². The van der Waals surface area contributed by atoms with E-state index in [4.69, 9.17) is 10.5 Å². The molecule has 1 fully saturated rings. The highest BCUT2D eigenvalue weighted by atomic mass is 32.2. The summed E-state index contributed by atoms with van der Waals surface area (Å²) in [6, 6.07) is -0.693. The number of hydrogen-bond acceptors (Lipinski definition) is 6. The summed E-state index contributed by atoms with van der Waals surface area (Å²) in [5.41, 5.74) is 5.23. The Morgan fingerprint density at radius 3 is 2.88 bits per heavy atom. The third kappa shape index (κ3) is 3.09. The summed E-state index contributed by atoms with van der Waals surface area (Å²) in [6.07, 6.45) is 0. The molecule has 16 heavy (non-hydrogen) atoms. The Hall–Kier alpha value is -0.310. The van der Waals surface area contributed by atoms with Crippen molar-refractivity contribution < 1.29 is 17.9 Å². The van der Waals surface area contributed by atoms with E-state index in [9.17, 15) is 13.2 Å². The van der Waals surface area contributed by atoms with Gasteiger partial charge in [0.25, 0.3) is 0 Å². The molecule has 2 N–H and O–H groups in total. The van der Waals surface area contributed by atoms with Crippen LogP contribution in [0.1, 0.15) is 6.92 Å². The Morgan fingerprint density at radius 1 is 1.62 bits per heavy atom. The van der Waals surface area contributed by atoms with Gasteiger partial charge < -0.3 is 10.5 Å². The number of rotatable bonds is 5. The summed E-state index contributed by atoms with van der Waals surface area (Å²) in [5, 5.41) is 0. The molecular weight excluding hydrogens is 252 g/mol. The fourth-order valence-electron chi connectivity index (χ4n) is 1.39. The molecule has 0 aromatic carbocycles. The maximum absolute atomic E-state index is 11.8. The van der Waals surface area contributed by atoms with Gasteiger partial charge in [0.2, 0.25) is 10.0 Å². The highest BCUT2D eigenvalue weighted by Gasteiger charge is 2.39. The van der Waals surface area contributed by atoms with Gasteiger partial charge in [-0.2, -0.15) is 4.31 Å². The van der Waals surface area contributed by atoms with E-state index in [1.807, 2.05) is 0 Å².